The van der Waals surface area contributed by atoms with Gasteiger partial charge in [-0.3, -0.25) is 19.6 Å². The summed E-state index contributed by atoms with van der Waals surface area (Å²) < 4.78 is 75.9. The zero-order valence-corrected chi connectivity index (χ0v) is 20.6. The highest BCUT2D eigenvalue weighted by Gasteiger charge is 2.69. The number of nitro groups is 1. The van der Waals surface area contributed by atoms with Gasteiger partial charge in [0, 0.05) is 22.7 Å². The number of amides is 1. The molecule has 15 heteroatoms. The number of fused-ring (bicyclic) bond motifs is 1. The Morgan fingerprint density at radius 3 is 2.47 bits per heavy atom. The number of carbonyl (C=O) groups excluding carboxylic acids is 2. The Kier molecular flexibility index (Phi) is 6.57. The predicted octanol–water partition coefficient (Wildman–Crippen LogP) is 4.92. The second kappa shape index (κ2) is 9.29. The van der Waals surface area contributed by atoms with Crippen molar-refractivity contribution in [3.8, 4) is 0 Å². The molecule has 38 heavy (non-hydrogen) atoms. The quantitative estimate of drug-likeness (QED) is 0.243. The molecule has 4 rings (SSSR count). The van der Waals surface area contributed by atoms with Crippen molar-refractivity contribution >= 4 is 50.6 Å². The third-order valence-electron chi connectivity index (χ3n) is 5.64. The van der Waals surface area contributed by atoms with Crippen LogP contribution in [-0.2, 0) is 25.2 Å². The van der Waals surface area contributed by atoms with Gasteiger partial charge in [-0.2, -0.15) is 13.2 Å². The third-order valence-corrected chi connectivity index (χ3v) is 7.38. The lowest BCUT2D eigenvalue weighted by atomic mass is 9.94. The molecule has 0 spiro atoms. The lowest BCUT2D eigenvalue weighted by Gasteiger charge is -2.29. The van der Waals surface area contributed by atoms with Crippen LogP contribution in [0.3, 0.4) is 0 Å². The lowest BCUT2D eigenvalue weighted by Crippen LogP contribution is -2.51. The van der Waals surface area contributed by atoms with Crippen molar-refractivity contribution in [3.63, 3.8) is 0 Å². The Hall–Kier alpha value is -4.17. The molecular weight excluding hydrogens is 555 g/mol. The number of alkyl halides is 3. The van der Waals surface area contributed by atoms with Crippen molar-refractivity contribution in [1.29, 1.82) is 0 Å². The summed E-state index contributed by atoms with van der Waals surface area (Å²) in [4.78, 5) is 35.5. The van der Waals surface area contributed by atoms with Gasteiger partial charge in [0.15, 0.2) is 0 Å². The minimum absolute atomic E-state index is 0.0181. The van der Waals surface area contributed by atoms with Gasteiger partial charge in [-0.25, -0.2) is 13.2 Å². The van der Waals surface area contributed by atoms with Gasteiger partial charge >= 0.3 is 17.7 Å². The zero-order chi connectivity index (χ0) is 28.0. The van der Waals surface area contributed by atoms with Gasteiger partial charge in [0.05, 0.1) is 26.8 Å². The Morgan fingerprint density at radius 1 is 1.13 bits per heavy atom. The van der Waals surface area contributed by atoms with Crippen molar-refractivity contribution in [2.24, 2.45) is 0 Å². The Balaban J connectivity index is 1.75. The average molecular weight is 570 g/mol. The van der Waals surface area contributed by atoms with Gasteiger partial charge in [0.25, 0.3) is 21.6 Å². The SMILES string of the molecule is Cc1ccc([N+](=O)[O-])cc1S(=O)(=O)Nc1ccccc1C(=O)O[C@@]1(C(F)(F)F)C(=O)Nc2cc(Cl)ccc21. The number of carbonyl (C=O) groups is 2. The van der Waals surface area contributed by atoms with Crippen LogP contribution < -0.4 is 10.0 Å². The normalized spacial score (nSPS) is 16.9. The molecule has 1 aliphatic heterocycles. The zero-order valence-electron chi connectivity index (χ0n) is 19.0. The van der Waals surface area contributed by atoms with E-state index in [1.807, 2.05) is 5.32 Å². The number of non-ortho nitro benzene ring substituents is 1. The lowest BCUT2D eigenvalue weighted by molar-refractivity contribution is -0.385. The second-order valence-corrected chi connectivity index (χ2v) is 10.2. The predicted molar refractivity (Wildman–Crippen MR) is 128 cm³/mol. The number of nitro benzene ring substituents is 1. The van der Waals surface area contributed by atoms with Gasteiger partial charge in [-0.1, -0.05) is 35.9 Å². The molecule has 1 heterocycles. The van der Waals surface area contributed by atoms with Crippen LogP contribution in [-0.4, -0.2) is 31.4 Å². The number of rotatable bonds is 6. The number of nitrogens with one attached hydrogen (secondary N) is 2. The highest BCUT2D eigenvalue weighted by atomic mass is 35.5. The maximum atomic E-state index is 14.3. The molecule has 0 saturated carbocycles. The fraction of sp³-hybridized carbons (Fsp3) is 0.130. The van der Waals surface area contributed by atoms with E-state index < -0.39 is 66.0 Å². The molecule has 1 amide bonds. The van der Waals surface area contributed by atoms with Crippen LogP contribution in [0.2, 0.25) is 5.02 Å². The van der Waals surface area contributed by atoms with E-state index in [1.165, 1.54) is 25.1 Å². The van der Waals surface area contributed by atoms with Crippen LogP contribution in [0, 0.1) is 17.0 Å². The highest BCUT2D eigenvalue weighted by molar-refractivity contribution is 7.92. The van der Waals surface area contributed by atoms with Crippen LogP contribution in [0.1, 0.15) is 21.5 Å². The summed E-state index contributed by atoms with van der Waals surface area (Å²) in [5.74, 6) is -3.37. The number of ether oxygens (including phenoxy) is 1. The van der Waals surface area contributed by atoms with Crippen molar-refractivity contribution in [1.82, 2.24) is 0 Å². The van der Waals surface area contributed by atoms with E-state index in [4.69, 9.17) is 16.3 Å². The molecule has 10 nitrogen and oxygen atoms in total. The summed E-state index contributed by atoms with van der Waals surface area (Å²) in [5, 5.41) is 13.1. The van der Waals surface area contributed by atoms with Gasteiger partial charge in [0.2, 0.25) is 0 Å². The molecule has 0 aromatic heterocycles. The molecule has 0 bridgehead atoms. The molecular formula is C23H15ClF3N3O7S. The molecule has 1 atom stereocenters. The molecule has 3 aromatic carbocycles. The first-order valence-electron chi connectivity index (χ1n) is 10.5. The maximum Gasteiger partial charge on any atom is 0.442 e. The van der Waals surface area contributed by atoms with E-state index in [1.54, 1.807) is 0 Å². The summed E-state index contributed by atoms with van der Waals surface area (Å²) in [6.07, 6.45) is -5.42. The molecule has 0 saturated heterocycles. The third kappa shape index (κ3) is 4.52. The van der Waals surface area contributed by atoms with E-state index in [0.717, 1.165) is 42.5 Å². The molecule has 0 aliphatic carbocycles. The van der Waals surface area contributed by atoms with Crippen molar-refractivity contribution in [2.45, 2.75) is 23.6 Å². The highest BCUT2D eigenvalue weighted by Crippen LogP contribution is 2.50. The van der Waals surface area contributed by atoms with E-state index in [2.05, 4.69) is 4.72 Å². The van der Waals surface area contributed by atoms with Crippen LogP contribution >= 0.6 is 11.6 Å². The van der Waals surface area contributed by atoms with E-state index in [-0.39, 0.29) is 16.3 Å². The summed E-state index contributed by atoms with van der Waals surface area (Å²) in [5.41, 5.74) is -6.32. The minimum atomic E-state index is -5.42. The molecule has 1 aliphatic rings. The van der Waals surface area contributed by atoms with E-state index in [9.17, 15) is 41.3 Å². The molecule has 198 valence electrons. The number of hydrogen-bond donors (Lipinski definition) is 2. The first-order valence-corrected chi connectivity index (χ1v) is 12.3. The van der Waals surface area contributed by atoms with Crippen LogP contribution in [0.5, 0.6) is 0 Å². The number of benzene rings is 3. The van der Waals surface area contributed by atoms with Crippen molar-refractivity contribution < 1.29 is 40.8 Å². The standard InChI is InChI=1S/C23H15ClF3N3O7S/c1-12-6-8-14(30(33)34)11-19(12)38(35,36)29-17-5-3-2-4-15(17)20(31)37-22(23(25,26)27)16-9-7-13(24)10-18(16)28-21(22)32/h2-11,29H,1H3,(H,28,32)/t22-/m1/s1. The Labute approximate surface area is 217 Å². The Morgan fingerprint density at radius 2 is 1.82 bits per heavy atom. The molecule has 0 fully saturated rings. The van der Waals surface area contributed by atoms with E-state index in [0.29, 0.717) is 0 Å². The number of anilines is 2. The average Bonchev–Trinajstić information content (AvgIpc) is 3.10. The number of esters is 1. The Bertz CT molecular complexity index is 1610. The fourth-order valence-corrected chi connectivity index (χ4v) is 5.35. The number of nitrogens with zero attached hydrogens (tertiary/aromatic N) is 1. The maximum absolute atomic E-state index is 14.3. The number of sulfonamides is 1. The molecule has 0 unspecified atom stereocenters. The van der Waals surface area contributed by atoms with Gasteiger partial charge in [-0.15, -0.1) is 0 Å². The summed E-state index contributed by atoms with van der Waals surface area (Å²) in [6.45, 7) is 1.37. The second-order valence-electron chi connectivity index (χ2n) is 8.07. The van der Waals surface area contributed by atoms with Gasteiger partial charge < -0.3 is 10.1 Å². The molecule has 3 aromatic rings. The molecule has 0 radical (unpaired) electrons. The number of halogens is 4. The van der Waals surface area contributed by atoms with Crippen LogP contribution in [0.25, 0.3) is 0 Å². The van der Waals surface area contributed by atoms with Gasteiger partial charge in [0.1, 0.15) is 0 Å². The largest absolute Gasteiger partial charge is 0.442 e. The topological polar surface area (TPSA) is 145 Å². The summed E-state index contributed by atoms with van der Waals surface area (Å²) >= 11 is 5.81. The minimum Gasteiger partial charge on any atom is -0.430 e. The summed E-state index contributed by atoms with van der Waals surface area (Å²) in [6, 6.07) is 10.7. The van der Waals surface area contributed by atoms with Crippen LogP contribution in [0.4, 0.5) is 30.2 Å². The van der Waals surface area contributed by atoms with E-state index >= 15 is 0 Å². The van der Waals surface area contributed by atoms with Gasteiger partial charge in [-0.05, 0) is 36.8 Å². The first-order chi connectivity index (χ1) is 17.7. The number of hydrogen-bond acceptors (Lipinski definition) is 7. The smallest absolute Gasteiger partial charge is 0.430 e. The van der Waals surface area contributed by atoms with Crippen molar-refractivity contribution in [2.75, 3.05) is 10.0 Å². The first kappa shape index (κ1) is 26.9. The molecule has 2 N–H and O–H groups in total. The number of aryl methyl sites for hydroxylation is 1. The fourth-order valence-electron chi connectivity index (χ4n) is 3.84. The summed E-state index contributed by atoms with van der Waals surface area (Å²) in [7, 11) is -4.57. The number of para-hydroxylation sites is 1. The van der Waals surface area contributed by atoms with Crippen LogP contribution in [0.15, 0.2) is 65.6 Å². The monoisotopic (exact) mass is 569 g/mol. The van der Waals surface area contributed by atoms with Crippen molar-refractivity contribution in [3.05, 3.63) is 92.5 Å².